The number of aryl methyl sites for hydroxylation is 2. The number of ether oxygens (including phenoxy) is 2. The zero-order chi connectivity index (χ0) is 38.3. The highest BCUT2D eigenvalue weighted by Gasteiger charge is 2.42. The molecule has 5 heterocycles. The Morgan fingerprint density at radius 3 is 1.17 bits per heavy atom. The predicted octanol–water partition coefficient (Wildman–Crippen LogP) is 4.44. The smallest absolute Gasteiger partial charge is 0.271 e. The molecule has 0 spiro atoms. The van der Waals surface area contributed by atoms with E-state index in [1.54, 1.807) is 13.8 Å². The fraction of sp³-hybridized carbons (Fsp3) is 0.667. The van der Waals surface area contributed by atoms with Crippen LogP contribution in [0.15, 0.2) is 9.98 Å². The average Bonchev–Trinajstić information content (AvgIpc) is 3.83. The van der Waals surface area contributed by atoms with Crippen LogP contribution in [0.3, 0.4) is 0 Å². The third-order valence-corrected chi connectivity index (χ3v) is 11.6. The van der Waals surface area contributed by atoms with E-state index >= 15 is 0 Å². The highest BCUT2D eigenvalue weighted by Crippen LogP contribution is 2.32. The lowest BCUT2D eigenvalue weighted by atomic mass is 10.0. The van der Waals surface area contributed by atoms with Gasteiger partial charge in [-0.25, -0.2) is 20.0 Å². The SMILES string of the molecule is Cc1sc2nc1C(=O)N[C@@H](C(C)C)C1=N[C@H](C(=O)N[C@H](C(C)C)c3nc(c(C)s3)C(=O)N[C@@H](C(C)C)C3=N[C@H](C(=O)N[C@@H]2C(C)C)[C@@H](C)O3)[C@@H](C)O1. The van der Waals surface area contributed by atoms with Crippen LogP contribution in [0.2, 0.25) is 0 Å². The topological polar surface area (TPSA) is 185 Å². The number of aliphatic imine (C=N–C) groups is 2. The number of nitrogens with zero attached hydrogens (tertiary/aromatic N) is 4. The molecule has 8 atom stereocenters. The van der Waals surface area contributed by atoms with Crippen molar-refractivity contribution in [2.75, 3.05) is 0 Å². The molecule has 8 bridgehead atoms. The van der Waals surface area contributed by atoms with Crippen LogP contribution in [-0.2, 0) is 19.1 Å². The standard InChI is InChI=1S/C36H52N8O6S2/c1-13(2)21-33-41-25(17(9)49-33)29(45)39-24(16(7)8)36-44-28(20(12)52-36)32(48)38-22(14(3)4)34-42-26(18(10)50-34)30(46)40-23(15(5)6)35-43-27(19(11)51-35)31(47)37-21/h13-18,21-26H,1-12H3,(H,37,47)(H,38,48)(H,39,45)(H,40,46)/t17-,18-,21+,22+,23-,24-,25+,26+/m1/s1. The minimum Gasteiger partial charge on any atom is -0.474 e. The maximum absolute atomic E-state index is 13.8. The van der Waals surface area contributed by atoms with E-state index in [9.17, 15) is 19.2 Å². The number of hydrogen-bond acceptors (Lipinski definition) is 12. The molecule has 0 aromatic carbocycles. The first-order chi connectivity index (χ1) is 24.4. The molecule has 0 aliphatic carbocycles. The van der Waals surface area contributed by atoms with Gasteiger partial charge in [-0.2, -0.15) is 0 Å². The highest BCUT2D eigenvalue weighted by molar-refractivity contribution is 7.12. The van der Waals surface area contributed by atoms with Gasteiger partial charge >= 0.3 is 0 Å². The van der Waals surface area contributed by atoms with Crippen LogP contribution in [0, 0.1) is 37.5 Å². The van der Waals surface area contributed by atoms with Crippen molar-refractivity contribution in [3.05, 3.63) is 31.2 Å². The normalized spacial score (nSPS) is 28.8. The van der Waals surface area contributed by atoms with Gasteiger partial charge in [0, 0.05) is 9.75 Å². The van der Waals surface area contributed by atoms with Crippen LogP contribution in [0.25, 0.3) is 0 Å². The van der Waals surface area contributed by atoms with Crippen molar-refractivity contribution in [1.82, 2.24) is 31.2 Å². The summed E-state index contributed by atoms with van der Waals surface area (Å²) in [6.45, 7) is 22.8. The van der Waals surface area contributed by atoms with E-state index in [1.165, 1.54) is 22.7 Å². The van der Waals surface area contributed by atoms with E-state index in [0.29, 0.717) is 19.8 Å². The van der Waals surface area contributed by atoms with Crippen molar-refractivity contribution in [3.8, 4) is 0 Å². The van der Waals surface area contributed by atoms with Gasteiger partial charge in [0.2, 0.25) is 23.6 Å². The first kappa shape index (κ1) is 39.3. The molecular weight excluding hydrogens is 705 g/mol. The molecule has 0 fully saturated rings. The second-order valence-corrected chi connectivity index (χ2v) is 17.7. The molecule has 3 aliphatic rings. The van der Waals surface area contributed by atoms with Crippen LogP contribution in [0.5, 0.6) is 0 Å². The van der Waals surface area contributed by atoms with Gasteiger partial charge in [0.1, 0.15) is 45.7 Å². The van der Waals surface area contributed by atoms with Crippen LogP contribution in [0.1, 0.15) is 122 Å². The summed E-state index contributed by atoms with van der Waals surface area (Å²) in [5, 5.41) is 13.5. The number of aromatic nitrogens is 2. The van der Waals surface area contributed by atoms with Gasteiger partial charge in [0.25, 0.3) is 11.8 Å². The van der Waals surface area contributed by atoms with Crippen LogP contribution >= 0.6 is 22.7 Å². The van der Waals surface area contributed by atoms with Gasteiger partial charge in [0.15, 0.2) is 12.1 Å². The molecule has 0 radical (unpaired) electrons. The van der Waals surface area contributed by atoms with Crippen LogP contribution in [0.4, 0.5) is 0 Å². The fourth-order valence-corrected chi connectivity index (χ4v) is 8.66. The number of rotatable bonds is 4. The molecular formula is C36H52N8O6S2. The summed E-state index contributed by atoms with van der Waals surface area (Å²) in [5.74, 6) is -1.35. The van der Waals surface area contributed by atoms with E-state index in [2.05, 4.69) is 21.3 Å². The number of fused-ring (bicyclic) bond motifs is 6. The molecule has 2 aromatic heterocycles. The number of amides is 4. The maximum atomic E-state index is 13.8. The number of carbonyl (C=O) groups is 4. The first-order valence-corrected chi connectivity index (χ1v) is 19.7. The summed E-state index contributed by atoms with van der Waals surface area (Å²) < 4.78 is 12.3. The second kappa shape index (κ2) is 15.6. The lowest BCUT2D eigenvalue weighted by molar-refractivity contribution is -0.125. The summed E-state index contributed by atoms with van der Waals surface area (Å²) in [4.78, 5) is 75.4. The third-order valence-electron chi connectivity index (χ3n) is 9.53. The lowest BCUT2D eigenvalue weighted by Gasteiger charge is -2.23. The van der Waals surface area contributed by atoms with E-state index in [1.807, 2.05) is 69.2 Å². The Balaban J connectivity index is 1.57. The molecule has 0 unspecified atom stereocenters. The molecule has 14 nitrogen and oxygen atoms in total. The molecule has 0 saturated heterocycles. The highest BCUT2D eigenvalue weighted by atomic mass is 32.1. The Morgan fingerprint density at radius 1 is 0.538 bits per heavy atom. The summed E-state index contributed by atoms with van der Waals surface area (Å²) in [6.07, 6.45) is -1.18. The molecule has 4 N–H and O–H groups in total. The molecule has 0 saturated carbocycles. The molecule has 2 aromatic rings. The predicted molar refractivity (Wildman–Crippen MR) is 201 cm³/mol. The number of carbonyl (C=O) groups excluding carboxylic acids is 4. The lowest BCUT2D eigenvalue weighted by Crippen LogP contribution is -2.45. The quantitative estimate of drug-likeness (QED) is 0.353. The average molecular weight is 757 g/mol. The largest absolute Gasteiger partial charge is 0.474 e. The van der Waals surface area contributed by atoms with Crippen LogP contribution in [-0.4, -0.2) is 81.8 Å². The molecule has 52 heavy (non-hydrogen) atoms. The van der Waals surface area contributed by atoms with Crippen molar-refractivity contribution in [3.63, 3.8) is 0 Å². The summed E-state index contributed by atoms with van der Waals surface area (Å²) in [5.41, 5.74) is 0.486. The van der Waals surface area contributed by atoms with Crippen molar-refractivity contribution in [2.24, 2.45) is 33.7 Å². The Kier molecular flexibility index (Phi) is 11.8. The maximum Gasteiger partial charge on any atom is 0.271 e. The Hall–Kier alpha value is -3.92. The summed E-state index contributed by atoms with van der Waals surface area (Å²) in [7, 11) is 0. The van der Waals surface area contributed by atoms with Gasteiger partial charge in [-0.1, -0.05) is 55.4 Å². The number of nitrogens with one attached hydrogen (secondary N) is 4. The monoisotopic (exact) mass is 756 g/mol. The van der Waals surface area contributed by atoms with Gasteiger partial charge in [-0.15, -0.1) is 22.7 Å². The molecule has 4 amide bonds. The minimum absolute atomic E-state index is 0.0662. The summed E-state index contributed by atoms with van der Waals surface area (Å²) in [6, 6.07) is -3.99. The Morgan fingerprint density at radius 2 is 0.865 bits per heavy atom. The molecule has 5 rings (SSSR count). The minimum atomic E-state index is -0.864. The van der Waals surface area contributed by atoms with Crippen molar-refractivity contribution in [2.45, 2.75) is 132 Å². The van der Waals surface area contributed by atoms with Crippen molar-refractivity contribution in [1.29, 1.82) is 0 Å². The van der Waals surface area contributed by atoms with Gasteiger partial charge in [-0.3, -0.25) is 19.2 Å². The molecule has 16 heteroatoms. The van der Waals surface area contributed by atoms with Gasteiger partial charge < -0.3 is 30.7 Å². The van der Waals surface area contributed by atoms with E-state index in [-0.39, 0.29) is 58.7 Å². The van der Waals surface area contributed by atoms with Gasteiger partial charge in [0.05, 0.1) is 12.1 Å². The second-order valence-electron chi connectivity index (χ2n) is 15.2. The zero-order valence-electron chi connectivity index (χ0n) is 32.0. The number of hydrogen-bond donors (Lipinski definition) is 4. The van der Waals surface area contributed by atoms with E-state index in [4.69, 9.17) is 29.4 Å². The van der Waals surface area contributed by atoms with Crippen molar-refractivity contribution >= 4 is 58.1 Å². The zero-order valence-corrected chi connectivity index (χ0v) is 33.6. The molecule has 3 aliphatic heterocycles. The van der Waals surface area contributed by atoms with E-state index in [0.717, 1.165) is 0 Å². The third kappa shape index (κ3) is 8.02. The van der Waals surface area contributed by atoms with Crippen molar-refractivity contribution < 1.29 is 28.7 Å². The van der Waals surface area contributed by atoms with Crippen LogP contribution < -0.4 is 21.3 Å². The van der Waals surface area contributed by atoms with E-state index < -0.39 is 60.3 Å². The summed E-state index contributed by atoms with van der Waals surface area (Å²) >= 11 is 2.69. The molecule has 284 valence electrons. The number of thiazole rings is 2. The Bertz CT molecular complexity index is 1640. The first-order valence-electron chi connectivity index (χ1n) is 18.0. The van der Waals surface area contributed by atoms with Gasteiger partial charge in [-0.05, 0) is 51.4 Å². The fourth-order valence-electron chi connectivity index (χ4n) is 6.38. The Labute approximate surface area is 313 Å².